The fourth-order valence-electron chi connectivity index (χ4n) is 0.555. The van der Waals surface area contributed by atoms with Crippen LogP contribution in [-0.2, 0) is 0 Å². The molecule has 0 aliphatic rings. The highest BCUT2D eigenvalue weighted by Crippen LogP contribution is 2.15. The van der Waals surface area contributed by atoms with Gasteiger partial charge in [-0.1, -0.05) is 19.9 Å². The lowest BCUT2D eigenvalue weighted by atomic mass is 9.91. The first kappa shape index (κ1) is 8.66. The van der Waals surface area contributed by atoms with Gasteiger partial charge >= 0.3 is 0 Å². The second kappa shape index (κ2) is 2.99. The Bertz CT molecular complexity index is 101. The summed E-state index contributed by atoms with van der Waals surface area (Å²) in [7, 11) is 0. The third-order valence-electron chi connectivity index (χ3n) is 1.68. The number of hydrogen-bond donors (Lipinski definition) is 2. The van der Waals surface area contributed by atoms with Crippen LogP contribution in [0.1, 0.15) is 13.8 Å². The van der Waals surface area contributed by atoms with Crippen molar-refractivity contribution in [2.75, 3.05) is 6.54 Å². The maximum absolute atomic E-state index is 9.46. The monoisotopic (exact) mass is 129 g/mol. The van der Waals surface area contributed by atoms with Crippen molar-refractivity contribution in [1.29, 1.82) is 0 Å². The van der Waals surface area contributed by atoms with Crippen LogP contribution in [0, 0.1) is 5.92 Å². The van der Waals surface area contributed by atoms with Crippen molar-refractivity contribution in [2.24, 2.45) is 11.7 Å². The van der Waals surface area contributed by atoms with Gasteiger partial charge in [-0.2, -0.15) is 0 Å². The number of aliphatic hydroxyl groups is 1. The molecule has 0 aliphatic heterocycles. The molecule has 0 aromatic rings. The van der Waals surface area contributed by atoms with Crippen LogP contribution in [0.25, 0.3) is 0 Å². The van der Waals surface area contributed by atoms with Crippen molar-refractivity contribution in [3.63, 3.8) is 0 Å². The van der Waals surface area contributed by atoms with E-state index in [-0.39, 0.29) is 12.5 Å². The van der Waals surface area contributed by atoms with Gasteiger partial charge in [-0.15, -0.1) is 6.58 Å². The van der Waals surface area contributed by atoms with Crippen molar-refractivity contribution in [3.05, 3.63) is 12.7 Å². The van der Waals surface area contributed by atoms with E-state index in [2.05, 4.69) is 6.58 Å². The number of rotatable bonds is 3. The van der Waals surface area contributed by atoms with Crippen molar-refractivity contribution >= 4 is 0 Å². The molecular weight excluding hydrogens is 114 g/mol. The first-order chi connectivity index (χ1) is 4.06. The summed E-state index contributed by atoms with van der Waals surface area (Å²) < 4.78 is 0. The maximum atomic E-state index is 9.46. The van der Waals surface area contributed by atoms with Gasteiger partial charge in [0.15, 0.2) is 0 Å². The van der Waals surface area contributed by atoms with E-state index in [1.54, 1.807) is 0 Å². The Labute approximate surface area is 56.4 Å². The molecule has 0 fully saturated rings. The van der Waals surface area contributed by atoms with E-state index in [4.69, 9.17) is 5.73 Å². The van der Waals surface area contributed by atoms with E-state index in [1.165, 1.54) is 6.08 Å². The van der Waals surface area contributed by atoms with Gasteiger partial charge in [0.2, 0.25) is 0 Å². The minimum Gasteiger partial charge on any atom is -0.384 e. The lowest BCUT2D eigenvalue weighted by Crippen LogP contribution is -2.40. The molecule has 0 heterocycles. The van der Waals surface area contributed by atoms with Crippen molar-refractivity contribution in [3.8, 4) is 0 Å². The van der Waals surface area contributed by atoms with Gasteiger partial charge in [-0.25, -0.2) is 0 Å². The van der Waals surface area contributed by atoms with E-state index >= 15 is 0 Å². The van der Waals surface area contributed by atoms with Crippen LogP contribution in [0.15, 0.2) is 12.7 Å². The highest BCUT2D eigenvalue weighted by atomic mass is 16.3. The predicted octanol–water partition coefficient (Wildman–Crippen LogP) is 0.518. The second-order valence-electron chi connectivity index (χ2n) is 2.55. The molecular formula is C7H15NO. The van der Waals surface area contributed by atoms with Gasteiger partial charge < -0.3 is 10.8 Å². The molecule has 0 rings (SSSR count). The summed E-state index contributed by atoms with van der Waals surface area (Å²) in [5.41, 5.74) is 4.42. The highest BCUT2D eigenvalue weighted by molar-refractivity contribution is 4.98. The summed E-state index contributed by atoms with van der Waals surface area (Å²) in [5, 5.41) is 9.46. The van der Waals surface area contributed by atoms with Gasteiger partial charge in [0.05, 0.1) is 5.60 Å². The van der Waals surface area contributed by atoms with Crippen LogP contribution in [0.5, 0.6) is 0 Å². The molecule has 54 valence electrons. The molecule has 0 aromatic carbocycles. The topological polar surface area (TPSA) is 46.2 Å². The van der Waals surface area contributed by atoms with Gasteiger partial charge in [0.25, 0.3) is 0 Å². The average Bonchev–Trinajstić information content (AvgIpc) is 1.86. The predicted molar refractivity (Wildman–Crippen MR) is 39.0 cm³/mol. The summed E-state index contributed by atoms with van der Waals surface area (Å²) in [6.45, 7) is 7.56. The number of nitrogens with two attached hydrogens (primary N) is 1. The van der Waals surface area contributed by atoms with Crippen molar-refractivity contribution in [1.82, 2.24) is 0 Å². The molecule has 0 saturated heterocycles. The van der Waals surface area contributed by atoms with Crippen LogP contribution in [0.3, 0.4) is 0 Å². The zero-order valence-corrected chi connectivity index (χ0v) is 6.09. The van der Waals surface area contributed by atoms with Crippen LogP contribution in [0.4, 0.5) is 0 Å². The smallest absolute Gasteiger partial charge is 0.0969 e. The molecule has 1 atom stereocenters. The second-order valence-corrected chi connectivity index (χ2v) is 2.55. The van der Waals surface area contributed by atoms with Gasteiger partial charge in [-0.05, 0) is 5.92 Å². The third-order valence-corrected chi connectivity index (χ3v) is 1.68. The minimum absolute atomic E-state index is 0.139. The van der Waals surface area contributed by atoms with E-state index in [0.29, 0.717) is 0 Å². The standard InChI is InChI=1S/C7H15NO/c1-4-7(9,5-8)6(2)3/h4,6,9H,1,5,8H2,2-3H3. The van der Waals surface area contributed by atoms with Crippen LogP contribution >= 0.6 is 0 Å². The Balaban J connectivity index is 4.08. The van der Waals surface area contributed by atoms with Gasteiger partial charge in [0, 0.05) is 6.54 Å². The fourth-order valence-corrected chi connectivity index (χ4v) is 0.555. The summed E-state index contributed by atoms with van der Waals surface area (Å²) in [6.07, 6.45) is 1.50. The molecule has 0 bridgehead atoms. The molecule has 2 nitrogen and oxygen atoms in total. The molecule has 1 unspecified atom stereocenters. The normalized spacial score (nSPS) is 17.4. The molecule has 0 aromatic heterocycles. The molecule has 0 spiro atoms. The molecule has 0 saturated carbocycles. The molecule has 0 aliphatic carbocycles. The van der Waals surface area contributed by atoms with Crippen molar-refractivity contribution in [2.45, 2.75) is 19.4 Å². The molecule has 2 heteroatoms. The van der Waals surface area contributed by atoms with E-state index in [1.807, 2.05) is 13.8 Å². The minimum atomic E-state index is -0.875. The Morgan fingerprint density at radius 1 is 1.78 bits per heavy atom. The summed E-state index contributed by atoms with van der Waals surface area (Å²) in [4.78, 5) is 0. The van der Waals surface area contributed by atoms with Crippen LogP contribution in [0.2, 0.25) is 0 Å². The zero-order valence-electron chi connectivity index (χ0n) is 6.09. The van der Waals surface area contributed by atoms with E-state index in [9.17, 15) is 5.11 Å². The Morgan fingerprint density at radius 3 is 2.22 bits per heavy atom. The molecule has 0 radical (unpaired) electrons. The fraction of sp³-hybridized carbons (Fsp3) is 0.714. The summed E-state index contributed by atoms with van der Waals surface area (Å²) in [6, 6.07) is 0. The Hall–Kier alpha value is -0.340. The van der Waals surface area contributed by atoms with Crippen LogP contribution in [-0.4, -0.2) is 17.3 Å². The average molecular weight is 129 g/mol. The van der Waals surface area contributed by atoms with E-state index < -0.39 is 5.60 Å². The summed E-state index contributed by atoms with van der Waals surface area (Å²) >= 11 is 0. The first-order valence-corrected chi connectivity index (χ1v) is 3.13. The molecule has 9 heavy (non-hydrogen) atoms. The SMILES string of the molecule is C=CC(O)(CN)C(C)C. The molecule has 0 amide bonds. The van der Waals surface area contributed by atoms with E-state index in [0.717, 1.165) is 0 Å². The quantitative estimate of drug-likeness (QED) is 0.546. The summed E-state index contributed by atoms with van der Waals surface area (Å²) in [5.74, 6) is 0.139. The maximum Gasteiger partial charge on any atom is 0.0969 e. The van der Waals surface area contributed by atoms with Gasteiger partial charge in [-0.3, -0.25) is 0 Å². The Kier molecular flexibility index (Phi) is 2.88. The lowest BCUT2D eigenvalue weighted by molar-refractivity contribution is 0.0524. The molecule has 3 N–H and O–H groups in total. The van der Waals surface area contributed by atoms with Crippen molar-refractivity contribution < 1.29 is 5.11 Å². The lowest BCUT2D eigenvalue weighted by Gasteiger charge is -2.26. The zero-order chi connectivity index (χ0) is 7.49. The number of hydrogen-bond acceptors (Lipinski definition) is 2. The largest absolute Gasteiger partial charge is 0.384 e. The van der Waals surface area contributed by atoms with Gasteiger partial charge in [0.1, 0.15) is 0 Å². The third kappa shape index (κ3) is 1.80. The van der Waals surface area contributed by atoms with Crippen LogP contribution < -0.4 is 5.73 Å². The highest BCUT2D eigenvalue weighted by Gasteiger charge is 2.24. The first-order valence-electron chi connectivity index (χ1n) is 3.13. The Morgan fingerprint density at radius 2 is 2.22 bits per heavy atom.